The normalized spacial score (nSPS) is 10.4. The summed E-state index contributed by atoms with van der Waals surface area (Å²) in [6.07, 6.45) is 0. The first-order valence-electron chi connectivity index (χ1n) is 8.34. The monoisotopic (exact) mass is 383 g/mol. The van der Waals surface area contributed by atoms with Crippen molar-refractivity contribution < 1.29 is 19.4 Å². The zero-order valence-electron chi connectivity index (χ0n) is 14.5. The van der Waals surface area contributed by atoms with Crippen LogP contribution in [-0.4, -0.2) is 16.1 Å². The third kappa shape index (κ3) is 4.99. The van der Waals surface area contributed by atoms with Gasteiger partial charge in [-0.15, -0.1) is 11.6 Å². The van der Waals surface area contributed by atoms with E-state index >= 15 is 0 Å². The molecule has 138 valence electrons. The molecule has 0 bridgehead atoms. The predicted octanol–water partition coefficient (Wildman–Crippen LogP) is 4.68. The van der Waals surface area contributed by atoms with E-state index in [2.05, 4.69) is 4.98 Å². The number of nitrogens with zero attached hydrogens (tertiary/aromatic N) is 1. The van der Waals surface area contributed by atoms with E-state index in [1.807, 2.05) is 60.7 Å². The van der Waals surface area contributed by atoms with Crippen molar-refractivity contribution in [3.05, 3.63) is 89.2 Å². The van der Waals surface area contributed by atoms with Gasteiger partial charge in [-0.25, -0.2) is 9.78 Å². The van der Waals surface area contributed by atoms with Crippen molar-refractivity contribution in [1.82, 2.24) is 4.98 Å². The quantitative estimate of drug-likeness (QED) is 0.572. The van der Waals surface area contributed by atoms with Crippen LogP contribution < -0.4 is 9.47 Å². The molecule has 0 aliphatic rings. The molecule has 2 aromatic carbocycles. The maximum Gasteiger partial charge on any atom is 0.354 e. The molecule has 1 N–H and O–H groups in total. The second-order valence-corrected chi connectivity index (χ2v) is 6.04. The van der Waals surface area contributed by atoms with Crippen LogP contribution in [0.4, 0.5) is 0 Å². The lowest BCUT2D eigenvalue weighted by atomic mass is 10.2. The molecule has 0 aliphatic heterocycles. The third-order valence-electron chi connectivity index (χ3n) is 3.82. The fourth-order valence-electron chi connectivity index (χ4n) is 2.49. The molecule has 0 atom stereocenters. The number of carboxylic acids is 1. The lowest BCUT2D eigenvalue weighted by Crippen LogP contribution is -2.09. The summed E-state index contributed by atoms with van der Waals surface area (Å²) in [5, 5.41) is 9.31. The summed E-state index contributed by atoms with van der Waals surface area (Å²) in [7, 11) is 0. The molecule has 0 radical (unpaired) electrons. The number of rotatable bonds is 8. The van der Waals surface area contributed by atoms with Crippen molar-refractivity contribution >= 4 is 17.6 Å². The molecule has 1 heterocycles. The number of hydrogen-bond donors (Lipinski definition) is 1. The molecule has 27 heavy (non-hydrogen) atoms. The zero-order chi connectivity index (χ0) is 19.1. The van der Waals surface area contributed by atoms with E-state index in [1.54, 1.807) is 0 Å². The Labute approximate surface area is 162 Å². The molecule has 1 aromatic heterocycles. The Morgan fingerprint density at radius 1 is 0.926 bits per heavy atom. The van der Waals surface area contributed by atoms with E-state index in [-0.39, 0.29) is 18.2 Å². The van der Waals surface area contributed by atoms with Gasteiger partial charge >= 0.3 is 5.97 Å². The molecule has 0 unspecified atom stereocenters. The first-order valence-corrected chi connectivity index (χ1v) is 8.87. The summed E-state index contributed by atoms with van der Waals surface area (Å²) in [4.78, 5) is 15.5. The standard InChI is InChI=1S/C21H18ClNO4/c22-12-18-20(27-14-16-9-5-2-6-10-16)19(11-17(23-18)21(24)25)26-13-15-7-3-1-4-8-15/h1-11H,12-14H2,(H,24,25). The van der Waals surface area contributed by atoms with E-state index < -0.39 is 5.97 Å². The highest BCUT2D eigenvalue weighted by molar-refractivity contribution is 6.17. The fourth-order valence-corrected chi connectivity index (χ4v) is 2.67. The average Bonchev–Trinajstić information content (AvgIpc) is 2.71. The van der Waals surface area contributed by atoms with Crippen LogP contribution in [0.2, 0.25) is 0 Å². The highest BCUT2D eigenvalue weighted by Crippen LogP contribution is 2.33. The van der Waals surface area contributed by atoms with Gasteiger partial charge in [0.2, 0.25) is 0 Å². The summed E-state index contributed by atoms with van der Waals surface area (Å²) < 4.78 is 11.8. The van der Waals surface area contributed by atoms with Crippen LogP contribution in [0.5, 0.6) is 11.5 Å². The van der Waals surface area contributed by atoms with Gasteiger partial charge in [-0.2, -0.15) is 0 Å². The molecule has 0 saturated heterocycles. The van der Waals surface area contributed by atoms with E-state index in [0.717, 1.165) is 11.1 Å². The number of carboxylic acid groups (broad SMARTS) is 1. The molecule has 3 rings (SSSR count). The lowest BCUT2D eigenvalue weighted by molar-refractivity contribution is 0.0689. The Kier molecular flexibility index (Phi) is 6.28. The molecule has 6 heteroatoms. The van der Waals surface area contributed by atoms with Gasteiger partial charge in [0, 0.05) is 6.07 Å². The summed E-state index contributed by atoms with van der Waals surface area (Å²) >= 11 is 5.99. The van der Waals surface area contributed by atoms with Crippen LogP contribution in [0.1, 0.15) is 27.3 Å². The Morgan fingerprint density at radius 3 is 2.00 bits per heavy atom. The number of aromatic carboxylic acids is 1. The number of pyridine rings is 1. The van der Waals surface area contributed by atoms with E-state index in [1.165, 1.54) is 6.07 Å². The summed E-state index contributed by atoms with van der Waals surface area (Å²) in [6, 6.07) is 20.6. The van der Waals surface area contributed by atoms with Crippen LogP contribution in [0.25, 0.3) is 0 Å². The number of halogens is 1. The van der Waals surface area contributed by atoms with Crippen LogP contribution in [0.3, 0.4) is 0 Å². The van der Waals surface area contributed by atoms with Gasteiger partial charge in [-0.1, -0.05) is 60.7 Å². The third-order valence-corrected chi connectivity index (χ3v) is 4.07. The number of aromatic nitrogens is 1. The van der Waals surface area contributed by atoms with Crippen molar-refractivity contribution in [2.24, 2.45) is 0 Å². The second-order valence-electron chi connectivity index (χ2n) is 5.77. The highest BCUT2D eigenvalue weighted by atomic mass is 35.5. The van der Waals surface area contributed by atoms with Crippen molar-refractivity contribution in [2.75, 3.05) is 0 Å². The van der Waals surface area contributed by atoms with Crippen molar-refractivity contribution in [1.29, 1.82) is 0 Å². The van der Waals surface area contributed by atoms with E-state index in [0.29, 0.717) is 23.8 Å². The van der Waals surface area contributed by atoms with Crippen LogP contribution in [0, 0.1) is 0 Å². The molecule has 0 aliphatic carbocycles. The minimum absolute atomic E-state index is 0.00688. The fraction of sp³-hybridized carbons (Fsp3) is 0.143. The van der Waals surface area contributed by atoms with Crippen LogP contribution in [-0.2, 0) is 19.1 Å². The average molecular weight is 384 g/mol. The van der Waals surface area contributed by atoms with Crippen molar-refractivity contribution in [2.45, 2.75) is 19.1 Å². The Morgan fingerprint density at radius 2 is 1.48 bits per heavy atom. The predicted molar refractivity (Wildman–Crippen MR) is 102 cm³/mol. The first-order chi connectivity index (χ1) is 13.2. The SMILES string of the molecule is O=C(O)c1cc(OCc2ccccc2)c(OCc2ccccc2)c(CCl)n1. The number of carbonyl (C=O) groups is 1. The van der Waals surface area contributed by atoms with E-state index in [9.17, 15) is 9.90 Å². The number of alkyl halides is 1. The number of hydrogen-bond acceptors (Lipinski definition) is 4. The number of ether oxygens (including phenoxy) is 2. The molecule has 0 saturated carbocycles. The maximum absolute atomic E-state index is 11.4. The van der Waals surface area contributed by atoms with Gasteiger partial charge < -0.3 is 14.6 Å². The van der Waals surface area contributed by atoms with Gasteiger partial charge in [0.1, 0.15) is 18.9 Å². The highest BCUT2D eigenvalue weighted by Gasteiger charge is 2.18. The Bertz CT molecular complexity index is 901. The lowest BCUT2D eigenvalue weighted by Gasteiger charge is -2.16. The first kappa shape index (κ1) is 18.7. The van der Waals surface area contributed by atoms with Crippen molar-refractivity contribution in [3.63, 3.8) is 0 Å². The Balaban J connectivity index is 1.89. The van der Waals surface area contributed by atoms with Gasteiger partial charge in [-0.05, 0) is 11.1 Å². The summed E-state index contributed by atoms with van der Waals surface area (Å²) in [5.74, 6) is -0.486. The molecular weight excluding hydrogens is 366 g/mol. The van der Waals surface area contributed by atoms with Gasteiger partial charge in [-0.3, -0.25) is 0 Å². The largest absolute Gasteiger partial charge is 0.485 e. The maximum atomic E-state index is 11.4. The van der Waals surface area contributed by atoms with Crippen molar-refractivity contribution in [3.8, 4) is 11.5 Å². The number of benzene rings is 2. The van der Waals surface area contributed by atoms with Gasteiger partial charge in [0.05, 0.1) is 5.88 Å². The smallest absolute Gasteiger partial charge is 0.354 e. The Hall–Kier alpha value is -3.05. The summed E-state index contributed by atoms with van der Waals surface area (Å²) in [5.41, 5.74) is 2.11. The van der Waals surface area contributed by atoms with Crippen LogP contribution >= 0.6 is 11.6 Å². The minimum Gasteiger partial charge on any atom is -0.485 e. The zero-order valence-corrected chi connectivity index (χ0v) is 15.2. The molecule has 0 fully saturated rings. The molecule has 3 aromatic rings. The molecule has 5 nitrogen and oxygen atoms in total. The van der Waals surface area contributed by atoms with Crippen LogP contribution in [0.15, 0.2) is 66.7 Å². The molecule has 0 amide bonds. The molecule has 0 spiro atoms. The van der Waals surface area contributed by atoms with E-state index in [4.69, 9.17) is 21.1 Å². The van der Waals surface area contributed by atoms with Gasteiger partial charge in [0.25, 0.3) is 0 Å². The topological polar surface area (TPSA) is 68.7 Å². The minimum atomic E-state index is -1.15. The summed E-state index contributed by atoms with van der Waals surface area (Å²) in [6.45, 7) is 0.563. The second kappa shape index (κ2) is 9.05. The molecular formula is C21H18ClNO4. The van der Waals surface area contributed by atoms with Gasteiger partial charge in [0.15, 0.2) is 17.2 Å².